The molecule has 7 heteroatoms. The molecule has 0 saturated carbocycles. The first-order valence-corrected chi connectivity index (χ1v) is 9.84. The minimum absolute atomic E-state index is 0.0370. The van der Waals surface area contributed by atoms with Gasteiger partial charge in [-0.15, -0.1) is 10.2 Å². The number of carbonyl (C=O) groups excluding carboxylic acids is 1. The van der Waals surface area contributed by atoms with Crippen molar-refractivity contribution in [1.82, 2.24) is 19.7 Å². The Morgan fingerprint density at radius 2 is 1.96 bits per heavy atom. The van der Waals surface area contributed by atoms with E-state index in [-0.39, 0.29) is 5.78 Å². The van der Waals surface area contributed by atoms with E-state index in [1.54, 1.807) is 19.6 Å². The van der Waals surface area contributed by atoms with Gasteiger partial charge in [0.25, 0.3) is 0 Å². The van der Waals surface area contributed by atoms with Gasteiger partial charge < -0.3 is 14.3 Å². The highest BCUT2D eigenvalue weighted by atomic mass is 32.2. The number of carbonyl (C=O) groups is 1. The van der Waals surface area contributed by atoms with Crippen LogP contribution in [-0.4, -0.2) is 39.2 Å². The predicted octanol–water partition coefficient (Wildman–Crippen LogP) is 4.12. The van der Waals surface area contributed by atoms with Crippen LogP contribution in [0.1, 0.15) is 21.2 Å². The van der Waals surface area contributed by atoms with Crippen molar-refractivity contribution in [3.05, 3.63) is 78.2 Å². The lowest BCUT2D eigenvalue weighted by Gasteiger charge is -2.16. The summed E-state index contributed by atoms with van der Waals surface area (Å²) in [6.45, 7) is 1.19. The van der Waals surface area contributed by atoms with Crippen molar-refractivity contribution in [2.24, 2.45) is 0 Å². The van der Waals surface area contributed by atoms with E-state index in [1.165, 1.54) is 11.8 Å². The molecule has 0 amide bonds. The zero-order chi connectivity index (χ0) is 19.3. The van der Waals surface area contributed by atoms with Crippen LogP contribution >= 0.6 is 11.8 Å². The lowest BCUT2D eigenvalue weighted by molar-refractivity contribution is 0.0991. The van der Waals surface area contributed by atoms with Gasteiger partial charge in [0.05, 0.1) is 6.61 Å². The van der Waals surface area contributed by atoms with Gasteiger partial charge in [-0.3, -0.25) is 4.79 Å². The summed E-state index contributed by atoms with van der Waals surface area (Å²) in [5.41, 5.74) is 2.56. The molecule has 142 valence electrons. The van der Waals surface area contributed by atoms with E-state index < -0.39 is 5.25 Å². The van der Waals surface area contributed by atoms with Crippen LogP contribution in [0.5, 0.6) is 0 Å². The Morgan fingerprint density at radius 1 is 1.18 bits per heavy atom. The number of benzene rings is 2. The number of H-pyrrole nitrogens is 1. The first-order chi connectivity index (χ1) is 13.8. The van der Waals surface area contributed by atoms with E-state index in [4.69, 9.17) is 4.74 Å². The Kier molecular flexibility index (Phi) is 5.55. The van der Waals surface area contributed by atoms with Gasteiger partial charge in [0.15, 0.2) is 10.9 Å². The molecule has 0 radical (unpaired) electrons. The highest BCUT2D eigenvalue weighted by Gasteiger charge is 2.27. The predicted molar refractivity (Wildman–Crippen MR) is 110 cm³/mol. The molecule has 0 spiro atoms. The van der Waals surface area contributed by atoms with Crippen molar-refractivity contribution in [3.63, 3.8) is 0 Å². The summed E-state index contributed by atoms with van der Waals surface area (Å²) in [7, 11) is 1.66. The Hall–Kier alpha value is -2.90. The van der Waals surface area contributed by atoms with Crippen LogP contribution in [0.2, 0.25) is 0 Å². The maximum absolute atomic E-state index is 13.5. The van der Waals surface area contributed by atoms with Crippen molar-refractivity contribution in [2.75, 3.05) is 13.7 Å². The summed E-state index contributed by atoms with van der Waals surface area (Å²) < 4.78 is 7.07. The fourth-order valence-corrected chi connectivity index (χ4v) is 4.21. The van der Waals surface area contributed by atoms with Crippen LogP contribution in [-0.2, 0) is 11.3 Å². The molecule has 0 saturated heterocycles. The normalized spacial score (nSPS) is 12.3. The average Bonchev–Trinajstić information content (AvgIpc) is 3.37. The maximum Gasteiger partial charge on any atom is 0.192 e. The number of thioether (sulfide) groups is 1. The van der Waals surface area contributed by atoms with Crippen LogP contribution in [0.25, 0.3) is 10.9 Å². The molecule has 6 nitrogen and oxygen atoms in total. The highest BCUT2D eigenvalue weighted by Crippen LogP contribution is 2.38. The summed E-state index contributed by atoms with van der Waals surface area (Å²) in [6, 6.07) is 17.6. The molecule has 28 heavy (non-hydrogen) atoms. The van der Waals surface area contributed by atoms with Gasteiger partial charge in [0, 0.05) is 36.3 Å². The van der Waals surface area contributed by atoms with Gasteiger partial charge in [-0.1, -0.05) is 60.3 Å². The minimum atomic E-state index is -0.425. The Bertz CT molecular complexity index is 1070. The third kappa shape index (κ3) is 3.72. The summed E-state index contributed by atoms with van der Waals surface area (Å²) in [5, 5.41) is 9.43. The van der Waals surface area contributed by atoms with Gasteiger partial charge >= 0.3 is 0 Å². The van der Waals surface area contributed by atoms with Crippen molar-refractivity contribution in [1.29, 1.82) is 0 Å². The second kappa shape index (κ2) is 8.41. The molecule has 0 aliphatic heterocycles. The lowest BCUT2D eigenvalue weighted by Crippen LogP contribution is -2.12. The fraction of sp³-hybridized carbons (Fsp3) is 0.190. The molecule has 0 aliphatic carbocycles. The molecule has 1 atom stereocenters. The van der Waals surface area contributed by atoms with Crippen molar-refractivity contribution in [3.8, 4) is 0 Å². The monoisotopic (exact) mass is 392 g/mol. The molecule has 2 aromatic heterocycles. The molecule has 0 aliphatic rings. The number of aromatic nitrogens is 4. The van der Waals surface area contributed by atoms with E-state index in [1.807, 2.05) is 59.2 Å². The smallest absolute Gasteiger partial charge is 0.192 e. The van der Waals surface area contributed by atoms with Crippen molar-refractivity contribution < 1.29 is 9.53 Å². The Labute approximate surface area is 166 Å². The quantitative estimate of drug-likeness (QED) is 0.361. The number of Topliss-reactive ketones (excluding diaryl/α,β-unsaturated/α-hetero) is 1. The summed E-state index contributed by atoms with van der Waals surface area (Å²) in [5.74, 6) is 0.0370. The fourth-order valence-electron chi connectivity index (χ4n) is 3.10. The molecule has 0 bridgehead atoms. The molecular formula is C21H20N4O2S. The van der Waals surface area contributed by atoms with E-state index in [9.17, 15) is 4.79 Å². The summed E-state index contributed by atoms with van der Waals surface area (Å²) in [6.07, 6.45) is 3.46. The summed E-state index contributed by atoms with van der Waals surface area (Å²) >= 11 is 1.41. The maximum atomic E-state index is 13.5. The summed E-state index contributed by atoms with van der Waals surface area (Å²) in [4.78, 5) is 16.7. The molecule has 0 fully saturated rings. The van der Waals surface area contributed by atoms with Gasteiger partial charge in [0.1, 0.15) is 11.6 Å². The van der Waals surface area contributed by atoms with Crippen LogP contribution in [0.15, 0.2) is 72.3 Å². The van der Waals surface area contributed by atoms with Gasteiger partial charge in [-0.2, -0.15) is 0 Å². The topological polar surface area (TPSA) is 72.8 Å². The zero-order valence-electron chi connectivity index (χ0n) is 15.4. The Balaban J connectivity index is 1.70. The average molecular weight is 392 g/mol. The number of aromatic amines is 1. The van der Waals surface area contributed by atoms with Gasteiger partial charge in [-0.05, 0) is 11.6 Å². The molecular weight excluding hydrogens is 372 g/mol. The molecule has 1 N–H and O–H groups in total. The number of ether oxygens (including phenoxy) is 1. The van der Waals surface area contributed by atoms with E-state index in [2.05, 4.69) is 15.2 Å². The number of hydrogen-bond donors (Lipinski definition) is 1. The van der Waals surface area contributed by atoms with E-state index in [0.717, 1.165) is 16.5 Å². The van der Waals surface area contributed by atoms with E-state index in [0.29, 0.717) is 23.9 Å². The third-order valence-electron chi connectivity index (χ3n) is 4.53. The first-order valence-electron chi connectivity index (χ1n) is 8.96. The molecule has 2 heterocycles. The standard InChI is InChI=1S/C21H20N4O2S/c1-27-12-11-25-14-23-24-21(25)28-20(15-7-3-2-4-8-15)19(26)17-13-22-18-10-6-5-9-16(17)18/h2-10,13-14,20,22H,11-12H2,1H3. The second-order valence-corrected chi connectivity index (χ2v) is 7.39. The molecule has 1 unspecified atom stereocenters. The van der Waals surface area contributed by atoms with E-state index >= 15 is 0 Å². The van der Waals surface area contributed by atoms with Crippen LogP contribution < -0.4 is 0 Å². The second-order valence-electron chi connectivity index (χ2n) is 6.32. The molecule has 2 aromatic carbocycles. The minimum Gasteiger partial charge on any atom is -0.383 e. The lowest BCUT2D eigenvalue weighted by atomic mass is 10.0. The molecule has 4 rings (SSSR count). The SMILES string of the molecule is COCCn1cnnc1SC(C(=O)c1c[nH]c2ccccc12)c1ccccc1. The number of rotatable bonds is 8. The zero-order valence-corrected chi connectivity index (χ0v) is 16.2. The number of hydrogen-bond acceptors (Lipinski definition) is 5. The number of fused-ring (bicyclic) bond motifs is 1. The van der Waals surface area contributed by atoms with Crippen molar-refractivity contribution in [2.45, 2.75) is 17.0 Å². The van der Waals surface area contributed by atoms with Crippen LogP contribution in [0.3, 0.4) is 0 Å². The van der Waals surface area contributed by atoms with Gasteiger partial charge in [-0.25, -0.2) is 0 Å². The highest BCUT2D eigenvalue weighted by molar-refractivity contribution is 8.00. The number of nitrogens with zero attached hydrogens (tertiary/aromatic N) is 3. The molecule has 4 aromatic rings. The number of nitrogens with one attached hydrogen (secondary N) is 1. The van der Waals surface area contributed by atoms with Crippen molar-refractivity contribution >= 4 is 28.4 Å². The van der Waals surface area contributed by atoms with Gasteiger partial charge in [0.2, 0.25) is 0 Å². The largest absolute Gasteiger partial charge is 0.383 e. The first kappa shape index (κ1) is 18.5. The number of ketones is 1. The number of methoxy groups -OCH3 is 1. The van der Waals surface area contributed by atoms with Crippen LogP contribution in [0.4, 0.5) is 0 Å². The Morgan fingerprint density at radius 3 is 2.79 bits per heavy atom. The number of para-hydroxylation sites is 1. The third-order valence-corrected chi connectivity index (χ3v) is 5.78. The van der Waals surface area contributed by atoms with Crippen LogP contribution in [0, 0.1) is 0 Å².